The number of ether oxygens (including phenoxy) is 1. The molecule has 0 unspecified atom stereocenters. The van der Waals surface area contributed by atoms with E-state index in [9.17, 15) is 10.1 Å². The maximum atomic E-state index is 12.2. The molecule has 0 amide bonds. The number of rotatable bonds is 5. The van der Waals surface area contributed by atoms with Gasteiger partial charge in [0.25, 0.3) is 5.19 Å². The summed E-state index contributed by atoms with van der Waals surface area (Å²) in [4.78, 5) is 16.7. The van der Waals surface area contributed by atoms with Crippen molar-refractivity contribution in [2.75, 3.05) is 0 Å². The molecule has 2 aromatic heterocycles. The fraction of sp³-hybridized carbons (Fsp3) is 0.105. The van der Waals surface area contributed by atoms with Gasteiger partial charge < -0.3 is 4.74 Å². The van der Waals surface area contributed by atoms with Crippen LogP contribution in [0.5, 0.6) is 5.19 Å². The maximum Gasteiger partial charge on any atom is 0.368 e. The molecule has 144 valence electrons. The Kier molecular flexibility index (Phi) is 5.24. The van der Waals surface area contributed by atoms with Crippen molar-refractivity contribution in [1.29, 1.82) is 5.26 Å². The lowest BCUT2D eigenvalue weighted by Crippen LogP contribution is -2.23. The van der Waals surface area contributed by atoms with Gasteiger partial charge in [0.15, 0.2) is 0 Å². The minimum atomic E-state index is -0.409. The third-order valence-corrected chi connectivity index (χ3v) is 5.47. The summed E-state index contributed by atoms with van der Waals surface area (Å²) in [6.45, 7) is 0.0649. The molecule has 0 fully saturated rings. The van der Waals surface area contributed by atoms with E-state index in [1.807, 2.05) is 29.6 Å². The maximum absolute atomic E-state index is 12.2. The summed E-state index contributed by atoms with van der Waals surface area (Å²) in [7, 11) is 1.51. The van der Waals surface area contributed by atoms with Crippen LogP contribution in [-0.2, 0) is 13.7 Å². The van der Waals surface area contributed by atoms with Crippen molar-refractivity contribution in [1.82, 2.24) is 24.8 Å². The molecule has 10 heteroatoms. The molecule has 29 heavy (non-hydrogen) atoms. The van der Waals surface area contributed by atoms with Crippen LogP contribution in [0.3, 0.4) is 0 Å². The molecule has 4 rings (SSSR count). The lowest BCUT2D eigenvalue weighted by atomic mass is 10.1. The number of hydrogen-bond donors (Lipinski definition) is 0. The Labute approximate surface area is 177 Å². The molecular weight excluding hydrogens is 456 g/mol. The van der Waals surface area contributed by atoms with E-state index in [4.69, 9.17) is 4.74 Å². The summed E-state index contributed by atoms with van der Waals surface area (Å²) in [5, 5.41) is 19.5. The number of nitriles is 1. The normalized spacial score (nSPS) is 10.7. The van der Waals surface area contributed by atoms with E-state index in [2.05, 4.69) is 37.4 Å². The summed E-state index contributed by atoms with van der Waals surface area (Å²) in [6, 6.07) is 15.0. The third-order valence-electron chi connectivity index (χ3n) is 4.18. The van der Waals surface area contributed by atoms with E-state index >= 15 is 0 Å². The Morgan fingerprint density at radius 1 is 1.21 bits per heavy atom. The molecule has 0 spiro atoms. The van der Waals surface area contributed by atoms with E-state index in [1.54, 1.807) is 18.2 Å². The number of aromatic nitrogens is 5. The first-order chi connectivity index (χ1) is 14.1. The zero-order valence-corrected chi connectivity index (χ0v) is 17.5. The van der Waals surface area contributed by atoms with E-state index in [1.165, 1.54) is 18.4 Å². The van der Waals surface area contributed by atoms with Crippen LogP contribution in [0.4, 0.5) is 0 Å². The van der Waals surface area contributed by atoms with Gasteiger partial charge >= 0.3 is 5.69 Å². The first kappa shape index (κ1) is 19.0. The number of hydrogen-bond acceptors (Lipinski definition) is 7. The standard InChI is InChI=1S/C19H13BrN6O2S/c1-25-19(27)26(24-23-25)17-4-2-3-13(9-21)15(17)10-28-18-22-16(11-29-18)12-5-7-14(20)8-6-12/h2-8,11H,10H2,1H3. The van der Waals surface area contributed by atoms with Gasteiger partial charge in [-0.05, 0) is 34.7 Å². The average Bonchev–Trinajstić information content (AvgIpc) is 3.34. The fourth-order valence-electron chi connectivity index (χ4n) is 2.71. The van der Waals surface area contributed by atoms with Crippen LogP contribution in [0.2, 0.25) is 0 Å². The van der Waals surface area contributed by atoms with Crippen molar-refractivity contribution < 1.29 is 4.74 Å². The number of tetrazole rings is 1. The smallest absolute Gasteiger partial charge is 0.368 e. The summed E-state index contributed by atoms with van der Waals surface area (Å²) in [5.74, 6) is 0. The topological polar surface area (TPSA) is 98.6 Å². The van der Waals surface area contributed by atoms with Crippen molar-refractivity contribution in [3.05, 3.63) is 73.9 Å². The highest BCUT2D eigenvalue weighted by atomic mass is 79.9. The van der Waals surface area contributed by atoms with Crippen LogP contribution >= 0.6 is 27.3 Å². The molecule has 4 aromatic rings. The van der Waals surface area contributed by atoms with Gasteiger partial charge in [-0.3, -0.25) is 0 Å². The van der Waals surface area contributed by atoms with Crippen molar-refractivity contribution in [3.63, 3.8) is 0 Å². The van der Waals surface area contributed by atoms with Crippen LogP contribution in [0.25, 0.3) is 16.9 Å². The zero-order chi connectivity index (χ0) is 20.4. The van der Waals surface area contributed by atoms with Gasteiger partial charge in [0.05, 0.1) is 23.0 Å². The second kappa shape index (κ2) is 7.98. The van der Waals surface area contributed by atoms with Crippen LogP contribution in [0.15, 0.2) is 57.1 Å². The molecule has 0 N–H and O–H groups in total. The SMILES string of the molecule is Cn1nnn(-c2cccc(C#N)c2COc2nc(-c3ccc(Br)cc3)cs2)c1=O. The first-order valence-electron chi connectivity index (χ1n) is 8.42. The van der Waals surface area contributed by atoms with Crippen LogP contribution in [0, 0.1) is 11.3 Å². The van der Waals surface area contributed by atoms with Crippen LogP contribution in [-0.4, -0.2) is 24.8 Å². The summed E-state index contributed by atoms with van der Waals surface area (Å²) in [5.41, 5.74) is 2.75. The predicted molar refractivity (Wildman–Crippen MR) is 111 cm³/mol. The monoisotopic (exact) mass is 468 g/mol. The second-order valence-electron chi connectivity index (χ2n) is 6.01. The minimum absolute atomic E-state index is 0.0649. The van der Waals surface area contributed by atoms with E-state index in [0.717, 1.165) is 25.1 Å². The van der Waals surface area contributed by atoms with Gasteiger partial charge in [-0.2, -0.15) is 14.6 Å². The molecule has 0 aliphatic heterocycles. The third kappa shape index (κ3) is 3.83. The molecule has 0 aliphatic carbocycles. The fourth-order valence-corrected chi connectivity index (χ4v) is 3.65. The molecule has 2 heterocycles. The molecule has 8 nitrogen and oxygen atoms in total. The summed E-state index contributed by atoms with van der Waals surface area (Å²) < 4.78 is 9.11. The second-order valence-corrected chi connectivity index (χ2v) is 7.74. The van der Waals surface area contributed by atoms with Gasteiger partial charge in [-0.15, -0.1) is 0 Å². The highest BCUT2D eigenvalue weighted by Crippen LogP contribution is 2.28. The molecule has 0 saturated heterocycles. The Hall–Kier alpha value is -3.29. The van der Waals surface area contributed by atoms with Crippen LogP contribution in [0.1, 0.15) is 11.1 Å². The number of nitrogens with zero attached hydrogens (tertiary/aromatic N) is 6. The van der Waals surface area contributed by atoms with Gasteiger partial charge in [0.1, 0.15) is 6.61 Å². The molecule has 0 atom stereocenters. The summed E-state index contributed by atoms with van der Waals surface area (Å²) in [6.07, 6.45) is 0. The quantitative estimate of drug-likeness (QED) is 0.445. The van der Waals surface area contributed by atoms with Crippen molar-refractivity contribution >= 4 is 27.3 Å². The van der Waals surface area contributed by atoms with Crippen molar-refractivity contribution in [2.24, 2.45) is 7.05 Å². The predicted octanol–water partition coefficient (Wildman–Crippen LogP) is 3.30. The molecule has 0 bridgehead atoms. The Morgan fingerprint density at radius 3 is 2.69 bits per heavy atom. The van der Waals surface area contributed by atoms with Crippen LogP contribution < -0.4 is 10.4 Å². The Morgan fingerprint density at radius 2 is 2.00 bits per heavy atom. The number of benzene rings is 2. The number of halogens is 1. The van der Waals surface area contributed by atoms with Gasteiger partial charge in [0.2, 0.25) is 0 Å². The molecule has 0 saturated carbocycles. The van der Waals surface area contributed by atoms with Gasteiger partial charge in [-0.1, -0.05) is 45.5 Å². The molecule has 2 aromatic carbocycles. The van der Waals surface area contributed by atoms with Crippen molar-refractivity contribution in [2.45, 2.75) is 6.61 Å². The molecule has 0 radical (unpaired) electrons. The summed E-state index contributed by atoms with van der Waals surface area (Å²) >= 11 is 4.78. The van der Waals surface area contributed by atoms with Crippen molar-refractivity contribution in [3.8, 4) is 28.2 Å². The van der Waals surface area contributed by atoms with Gasteiger partial charge in [-0.25, -0.2) is 9.78 Å². The highest BCUT2D eigenvalue weighted by Gasteiger charge is 2.16. The first-order valence-corrected chi connectivity index (χ1v) is 10.1. The lowest BCUT2D eigenvalue weighted by molar-refractivity contribution is 0.304. The largest absolute Gasteiger partial charge is 0.465 e. The molecule has 0 aliphatic rings. The molecular formula is C19H13BrN6O2S. The lowest BCUT2D eigenvalue weighted by Gasteiger charge is -2.10. The van der Waals surface area contributed by atoms with E-state index in [0.29, 0.717) is 22.0 Å². The zero-order valence-electron chi connectivity index (χ0n) is 15.1. The minimum Gasteiger partial charge on any atom is -0.465 e. The highest BCUT2D eigenvalue weighted by molar-refractivity contribution is 9.10. The Balaban J connectivity index is 1.62. The number of thiazole rings is 1. The number of aryl methyl sites for hydroxylation is 1. The Bertz CT molecular complexity index is 1270. The van der Waals surface area contributed by atoms with Gasteiger partial charge in [0, 0.05) is 28.0 Å². The van der Waals surface area contributed by atoms with E-state index in [-0.39, 0.29) is 6.61 Å². The average molecular weight is 469 g/mol. The van der Waals surface area contributed by atoms with E-state index < -0.39 is 5.69 Å².